The van der Waals surface area contributed by atoms with Crippen molar-refractivity contribution in [3.63, 3.8) is 0 Å². The van der Waals surface area contributed by atoms with Crippen LogP contribution in [0.15, 0.2) is 42.6 Å². The molecule has 2 saturated heterocycles. The number of aromatic nitrogens is 3. The largest absolute Gasteiger partial charge is 0.444 e. The summed E-state index contributed by atoms with van der Waals surface area (Å²) in [6.45, 7) is 15.6. The Hall–Kier alpha value is -4.27. The molecule has 2 aliphatic rings. The first kappa shape index (κ1) is 30.7. The number of rotatable bonds is 5. The first-order valence-corrected chi connectivity index (χ1v) is 15.4. The highest BCUT2D eigenvalue weighted by molar-refractivity contribution is 6.36. The summed E-state index contributed by atoms with van der Waals surface area (Å²) in [7, 11) is 4.06. The minimum atomic E-state index is -0.661. The number of ether oxygens (including phenoxy) is 1. The average Bonchev–Trinajstić information content (AvgIpc) is 2.95. The zero-order valence-electron chi connectivity index (χ0n) is 26.1. The summed E-state index contributed by atoms with van der Waals surface area (Å²) in [4.78, 5) is 38.8. The highest BCUT2D eigenvalue weighted by Crippen LogP contribution is 2.38. The van der Waals surface area contributed by atoms with Crippen LogP contribution in [-0.2, 0) is 4.74 Å². The van der Waals surface area contributed by atoms with Crippen molar-refractivity contribution in [3.05, 3.63) is 64.9 Å². The van der Waals surface area contributed by atoms with Crippen LogP contribution in [0, 0.1) is 12.4 Å². The van der Waals surface area contributed by atoms with E-state index in [4.69, 9.17) is 32.9 Å². The van der Waals surface area contributed by atoms with Crippen LogP contribution in [0.1, 0.15) is 20.8 Å². The summed E-state index contributed by atoms with van der Waals surface area (Å²) >= 11 is 6.60. The standard InChI is InChI=1S/C33H36ClFN8O2/c1-33(2,3)45-32(44)43-14-13-41(17-21(43)15-36-4)30-24-16-37-28(23-11-7-9-20-10-8-12-25(34)26(20)23)27(35)29(24)38-31(39-30)42-18-22(19-42)40(5)6/h7-12,16,21-22H,13-15,17-19H2,1-3,5-6H3/t21-/m0/s1. The van der Waals surface area contributed by atoms with Crippen molar-refractivity contribution in [3.8, 4) is 11.3 Å². The Kier molecular flexibility index (Phi) is 8.14. The molecule has 234 valence electrons. The predicted molar refractivity (Wildman–Crippen MR) is 175 cm³/mol. The Morgan fingerprint density at radius 3 is 2.53 bits per heavy atom. The first-order chi connectivity index (χ1) is 21.4. The third kappa shape index (κ3) is 5.92. The van der Waals surface area contributed by atoms with E-state index in [1.165, 1.54) is 0 Å². The van der Waals surface area contributed by atoms with E-state index in [9.17, 15) is 4.79 Å². The van der Waals surface area contributed by atoms with E-state index in [1.807, 2.05) is 75.0 Å². The molecule has 1 amide bonds. The maximum Gasteiger partial charge on any atom is 0.410 e. The van der Waals surface area contributed by atoms with E-state index >= 15 is 4.39 Å². The average molecular weight is 631 g/mol. The van der Waals surface area contributed by atoms with Gasteiger partial charge in [0, 0.05) is 60.9 Å². The highest BCUT2D eigenvalue weighted by Gasteiger charge is 2.37. The fourth-order valence-electron chi connectivity index (χ4n) is 5.91. The van der Waals surface area contributed by atoms with Gasteiger partial charge in [0.1, 0.15) is 28.7 Å². The lowest BCUT2D eigenvalue weighted by Crippen LogP contribution is -2.58. The van der Waals surface area contributed by atoms with Crippen LogP contribution in [0.2, 0.25) is 5.02 Å². The number of piperazine rings is 1. The summed E-state index contributed by atoms with van der Waals surface area (Å²) < 4.78 is 22.3. The van der Waals surface area contributed by atoms with Crippen LogP contribution in [0.25, 0.3) is 37.8 Å². The Balaban J connectivity index is 1.44. The van der Waals surface area contributed by atoms with Crippen molar-refractivity contribution in [1.29, 1.82) is 0 Å². The molecule has 0 aliphatic carbocycles. The van der Waals surface area contributed by atoms with Crippen LogP contribution in [0.3, 0.4) is 0 Å². The minimum Gasteiger partial charge on any atom is -0.444 e. The van der Waals surface area contributed by atoms with Gasteiger partial charge >= 0.3 is 6.09 Å². The maximum atomic E-state index is 16.7. The number of hydrogen-bond acceptors (Lipinski definition) is 8. The minimum absolute atomic E-state index is 0.0981. The van der Waals surface area contributed by atoms with Crippen molar-refractivity contribution in [2.75, 3.05) is 63.2 Å². The van der Waals surface area contributed by atoms with E-state index in [0.29, 0.717) is 66.5 Å². The SMILES string of the molecule is [C-]#[N+]C[C@H]1CN(c2nc(N3CC(N(C)C)C3)nc3c(F)c(-c4cccc5cccc(Cl)c45)ncc23)CCN1C(=O)OC(C)(C)C. The summed E-state index contributed by atoms with van der Waals surface area (Å²) in [5.74, 6) is 0.398. The molecule has 4 aromatic rings. The van der Waals surface area contributed by atoms with E-state index in [-0.39, 0.29) is 17.8 Å². The fourth-order valence-corrected chi connectivity index (χ4v) is 6.19. The molecule has 6 rings (SSSR count). The zero-order chi connectivity index (χ0) is 32.0. The molecule has 12 heteroatoms. The molecular weight excluding hydrogens is 595 g/mol. The van der Waals surface area contributed by atoms with Gasteiger partial charge in [0.05, 0.1) is 5.39 Å². The molecule has 0 radical (unpaired) electrons. The van der Waals surface area contributed by atoms with Gasteiger partial charge in [0.25, 0.3) is 0 Å². The molecule has 0 N–H and O–H groups in total. The van der Waals surface area contributed by atoms with Crippen LogP contribution in [0.5, 0.6) is 0 Å². The Morgan fingerprint density at radius 1 is 1.11 bits per heavy atom. The molecule has 2 aromatic carbocycles. The molecule has 2 aromatic heterocycles. The van der Waals surface area contributed by atoms with Crippen molar-refractivity contribution >= 4 is 51.1 Å². The van der Waals surface area contributed by atoms with Gasteiger partial charge in [-0.2, -0.15) is 4.98 Å². The highest BCUT2D eigenvalue weighted by atomic mass is 35.5. The summed E-state index contributed by atoms with van der Waals surface area (Å²) in [5.41, 5.74) is 0.241. The number of anilines is 2. The van der Waals surface area contributed by atoms with Gasteiger partial charge in [0.2, 0.25) is 12.5 Å². The van der Waals surface area contributed by atoms with Crippen LogP contribution >= 0.6 is 11.6 Å². The predicted octanol–water partition coefficient (Wildman–Crippen LogP) is 5.73. The zero-order valence-corrected chi connectivity index (χ0v) is 26.8. The van der Waals surface area contributed by atoms with Crippen molar-refractivity contribution < 1.29 is 13.9 Å². The number of nitrogens with zero attached hydrogens (tertiary/aromatic N) is 8. The monoisotopic (exact) mass is 630 g/mol. The van der Waals surface area contributed by atoms with Crippen LogP contribution < -0.4 is 9.80 Å². The Morgan fingerprint density at radius 2 is 1.84 bits per heavy atom. The fraction of sp³-hybridized carbons (Fsp3) is 0.424. The van der Waals surface area contributed by atoms with E-state index in [2.05, 4.69) is 14.7 Å². The second-order valence-corrected chi connectivity index (χ2v) is 13.2. The third-order valence-corrected chi connectivity index (χ3v) is 8.66. The van der Waals surface area contributed by atoms with E-state index < -0.39 is 23.6 Å². The first-order valence-electron chi connectivity index (χ1n) is 15.0. The summed E-state index contributed by atoms with van der Waals surface area (Å²) in [6, 6.07) is 11.1. The summed E-state index contributed by atoms with van der Waals surface area (Å²) in [6.07, 6.45) is 1.16. The van der Waals surface area contributed by atoms with E-state index in [0.717, 1.165) is 10.8 Å². The number of carbonyl (C=O) groups excluding carboxylic acids is 1. The quantitative estimate of drug-likeness (QED) is 0.259. The molecule has 0 spiro atoms. The Labute approximate surface area is 267 Å². The van der Waals surface area contributed by atoms with Gasteiger partial charge in [-0.1, -0.05) is 41.9 Å². The second kappa shape index (κ2) is 11.9. The van der Waals surface area contributed by atoms with Gasteiger partial charge < -0.3 is 24.3 Å². The molecule has 2 fully saturated rings. The normalized spacial score (nSPS) is 17.6. The van der Waals surface area contributed by atoms with Crippen LogP contribution in [-0.4, -0.2) is 102 Å². The third-order valence-electron chi connectivity index (χ3n) is 8.35. The molecule has 10 nitrogen and oxygen atoms in total. The number of likely N-dealkylation sites (N-methyl/N-ethyl adjacent to an activating group) is 1. The second-order valence-electron chi connectivity index (χ2n) is 12.8. The molecular formula is C33H36ClFN8O2. The van der Waals surface area contributed by atoms with Gasteiger partial charge in [-0.3, -0.25) is 9.88 Å². The van der Waals surface area contributed by atoms with Gasteiger partial charge in [-0.05, 0) is 46.3 Å². The number of amides is 1. The maximum absolute atomic E-state index is 16.7. The van der Waals surface area contributed by atoms with Crippen molar-refractivity contribution in [2.24, 2.45) is 0 Å². The molecule has 0 unspecified atom stereocenters. The molecule has 0 saturated carbocycles. The summed E-state index contributed by atoms with van der Waals surface area (Å²) in [5, 5.41) is 2.58. The lowest BCUT2D eigenvalue weighted by atomic mass is 10.0. The van der Waals surface area contributed by atoms with Gasteiger partial charge in [-0.15, -0.1) is 0 Å². The number of benzene rings is 2. The number of halogens is 2. The van der Waals surface area contributed by atoms with Gasteiger partial charge in [0.15, 0.2) is 5.82 Å². The molecule has 0 bridgehead atoms. The molecule has 2 aliphatic heterocycles. The number of pyridine rings is 1. The molecule has 1 atom stereocenters. The van der Waals surface area contributed by atoms with Crippen molar-refractivity contribution in [1.82, 2.24) is 24.8 Å². The lowest BCUT2D eigenvalue weighted by molar-refractivity contribution is 0.0156. The number of hydrogen-bond donors (Lipinski definition) is 0. The van der Waals surface area contributed by atoms with Crippen molar-refractivity contribution in [2.45, 2.75) is 38.5 Å². The lowest BCUT2D eigenvalue weighted by Gasteiger charge is -2.43. The number of carbonyl (C=O) groups is 1. The smallest absolute Gasteiger partial charge is 0.410 e. The van der Waals surface area contributed by atoms with Gasteiger partial charge in [-0.25, -0.2) is 20.7 Å². The van der Waals surface area contributed by atoms with E-state index in [1.54, 1.807) is 17.2 Å². The molecule has 4 heterocycles. The molecule has 45 heavy (non-hydrogen) atoms. The topological polar surface area (TPSA) is 82.3 Å². The number of fused-ring (bicyclic) bond motifs is 2. The Bertz CT molecular complexity index is 1810. The van der Waals surface area contributed by atoms with Crippen LogP contribution in [0.4, 0.5) is 21.0 Å².